The average Bonchev–Trinajstić information content (AvgIpc) is 2.87. The van der Waals surface area contributed by atoms with Crippen LogP contribution in [0.2, 0.25) is 10.0 Å². The van der Waals surface area contributed by atoms with Crippen LogP contribution < -0.4 is 21.1 Å². The number of carbonyl (C=O) groups is 2. The minimum atomic E-state index is -1.03. The fraction of sp³-hybridized carbons (Fsp3) is 0.231. The molecule has 0 saturated heterocycles. The first-order chi connectivity index (χ1) is 17.3. The van der Waals surface area contributed by atoms with Gasteiger partial charge in [-0.25, -0.2) is 4.39 Å². The van der Waals surface area contributed by atoms with Crippen molar-refractivity contribution in [3.05, 3.63) is 87.7 Å². The minimum Gasteiger partial charge on any atom is -0.505 e. The van der Waals surface area contributed by atoms with Crippen LogP contribution in [-0.2, 0) is 11.2 Å². The van der Waals surface area contributed by atoms with Crippen molar-refractivity contribution in [3.8, 4) is 11.5 Å². The molecule has 0 fully saturated rings. The number of benzene rings is 3. The van der Waals surface area contributed by atoms with Gasteiger partial charge in [0.15, 0.2) is 11.5 Å². The first-order valence-electron chi connectivity index (χ1n) is 11.2. The zero-order valence-electron chi connectivity index (χ0n) is 19.3. The van der Waals surface area contributed by atoms with Gasteiger partial charge in [-0.15, -0.1) is 0 Å². The lowest BCUT2D eigenvalue weighted by Crippen LogP contribution is -2.45. The maximum atomic E-state index is 13.2. The first-order valence-corrected chi connectivity index (χ1v) is 12.0. The summed E-state index contributed by atoms with van der Waals surface area (Å²) < 4.78 is 18.8. The fourth-order valence-corrected chi connectivity index (χ4v) is 3.94. The third kappa shape index (κ3) is 7.34. The highest BCUT2D eigenvalue weighted by molar-refractivity contribution is 6.39. The molecular formula is C26H26Cl2FN3O4. The number of ether oxygens (including phenoxy) is 1. The predicted octanol–water partition coefficient (Wildman–Crippen LogP) is 4.94. The Bertz CT molecular complexity index is 1190. The molecule has 0 spiro atoms. The molecule has 2 amide bonds. The van der Waals surface area contributed by atoms with Crippen LogP contribution in [0.25, 0.3) is 0 Å². The quantitative estimate of drug-likeness (QED) is 0.261. The molecule has 5 N–H and O–H groups in total. The number of nitrogens with two attached hydrogens (primary N) is 1. The first kappa shape index (κ1) is 27.3. The summed E-state index contributed by atoms with van der Waals surface area (Å²) in [6.45, 7) is 0.790. The molecule has 0 aromatic heterocycles. The standard InChI is InChI=1S/C26H26Cl2FN3O4/c27-20-15-19(23(33)22(28)24(20)36-13-5-4-12-30)25(34)32-21(14-16-6-2-1-3-7-16)26(35)31-18-10-8-17(29)9-11-18/h1-3,6-11,15,21,33H,4-5,12-14,30H2,(H,31,35)(H,32,34). The van der Waals surface area contributed by atoms with E-state index in [4.69, 9.17) is 33.7 Å². The monoisotopic (exact) mass is 533 g/mol. The van der Waals surface area contributed by atoms with Crippen LogP contribution in [0.1, 0.15) is 28.8 Å². The molecule has 3 rings (SSSR count). The highest BCUT2D eigenvalue weighted by atomic mass is 35.5. The Morgan fingerprint density at radius 2 is 1.75 bits per heavy atom. The second-order valence-electron chi connectivity index (χ2n) is 7.95. The number of rotatable bonds is 11. The van der Waals surface area contributed by atoms with E-state index in [1.54, 1.807) is 0 Å². The third-order valence-electron chi connectivity index (χ3n) is 5.26. The summed E-state index contributed by atoms with van der Waals surface area (Å²) in [6, 6.07) is 14.5. The molecule has 0 radical (unpaired) electrons. The van der Waals surface area contributed by atoms with E-state index in [2.05, 4.69) is 10.6 Å². The third-order valence-corrected chi connectivity index (χ3v) is 5.89. The van der Waals surface area contributed by atoms with Crippen molar-refractivity contribution >= 4 is 40.7 Å². The van der Waals surface area contributed by atoms with Gasteiger partial charge in [0.25, 0.3) is 5.91 Å². The molecule has 0 aliphatic carbocycles. The van der Waals surface area contributed by atoms with Gasteiger partial charge in [0.1, 0.15) is 16.9 Å². The summed E-state index contributed by atoms with van der Waals surface area (Å²) in [4.78, 5) is 26.2. The maximum absolute atomic E-state index is 13.2. The number of halogens is 3. The molecule has 0 heterocycles. The van der Waals surface area contributed by atoms with Gasteiger partial charge in [-0.3, -0.25) is 9.59 Å². The van der Waals surface area contributed by atoms with Gasteiger partial charge in [0.2, 0.25) is 5.91 Å². The van der Waals surface area contributed by atoms with E-state index in [0.29, 0.717) is 18.7 Å². The van der Waals surface area contributed by atoms with E-state index in [0.717, 1.165) is 12.0 Å². The van der Waals surface area contributed by atoms with Crippen LogP contribution in [0.5, 0.6) is 11.5 Å². The molecular weight excluding hydrogens is 508 g/mol. The summed E-state index contributed by atoms with van der Waals surface area (Å²) in [5, 5.41) is 15.7. The van der Waals surface area contributed by atoms with Gasteiger partial charge in [-0.2, -0.15) is 0 Å². The Kier molecular flexibility index (Phi) is 9.93. The summed E-state index contributed by atoms with van der Waals surface area (Å²) in [6.07, 6.45) is 1.56. The SMILES string of the molecule is NCCCCOc1c(Cl)cc(C(=O)NC(Cc2ccccc2)C(=O)Nc2ccc(F)cc2)c(O)c1Cl. The van der Waals surface area contributed by atoms with Gasteiger partial charge >= 0.3 is 0 Å². The van der Waals surface area contributed by atoms with Crippen LogP contribution >= 0.6 is 23.2 Å². The summed E-state index contributed by atoms with van der Waals surface area (Å²) in [7, 11) is 0. The number of hydrogen-bond donors (Lipinski definition) is 4. The van der Waals surface area contributed by atoms with E-state index >= 15 is 0 Å². The Hall–Kier alpha value is -3.33. The van der Waals surface area contributed by atoms with Crippen molar-refractivity contribution in [1.29, 1.82) is 0 Å². The molecule has 190 valence electrons. The van der Waals surface area contributed by atoms with Crippen LogP contribution in [0, 0.1) is 5.82 Å². The number of anilines is 1. The van der Waals surface area contributed by atoms with Crippen molar-refractivity contribution < 1.29 is 23.8 Å². The van der Waals surface area contributed by atoms with Gasteiger partial charge < -0.3 is 26.2 Å². The number of carbonyl (C=O) groups excluding carboxylic acids is 2. The van der Waals surface area contributed by atoms with Crippen LogP contribution in [0.3, 0.4) is 0 Å². The molecule has 0 aliphatic heterocycles. The molecule has 3 aromatic rings. The predicted molar refractivity (Wildman–Crippen MR) is 138 cm³/mol. The molecule has 10 heteroatoms. The van der Waals surface area contributed by atoms with E-state index in [9.17, 15) is 19.1 Å². The largest absolute Gasteiger partial charge is 0.505 e. The lowest BCUT2D eigenvalue weighted by atomic mass is 10.0. The summed E-state index contributed by atoms with van der Waals surface area (Å²) in [5.74, 6) is -2.21. The Balaban J connectivity index is 1.81. The van der Waals surface area contributed by atoms with Crippen molar-refractivity contribution in [2.45, 2.75) is 25.3 Å². The summed E-state index contributed by atoms with van der Waals surface area (Å²) >= 11 is 12.5. The zero-order valence-corrected chi connectivity index (χ0v) is 20.8. The lowest BCUT2D eigenvalue weighted by molar-refractivity contribution is -0.118. The van der Waals surface area contributed by atoms with Crippen molar-refractivity contribution in [2.24, 2.45) is 5.73 Å². The van der Waals surface area contributed by atoms with Gasteiger partial charge in [0, 0.05) is 12.1 Å². The molecule has 0 bridgehead atoms. The molecule has 0 aliphatic rings. The molecule has 0 saturated carbocycles. The number of unbranched alkanes of at least 4 members (excludes halogenated alkanes) is 1. The fourth-order valence-electron chi connectivity index (χ4n) is 3.37. The number of amides is 2. The number of phenols is 1. The molecule has 1 unspecified atom stereocenters. The Morgan fingerprint density at radius 1 is 1.06 bits per heavy atom. The molecule has 36 heavy (non-hydrogen) atoms. The Morgan fingerprint density at radius 3 is 2.42 bits per heavy atom. The van der Waals surface area contributed by atoms with Crippen LogP contribution in [0.15, 0.2) is 60.7 Å². The van der Waals surface area contributed by atoms with E-state index in [-0.39, 0.29) is 34.4 Å². The number of phenolic OH excluding ortho intramolecular Hbond substituents is 1. The second kappa shape index (κ2) is 13.1. The molecule has 1 atom stereocenters. The number of nitrogens with one attached hydrogen (secondary N) is 2. The zero-order chi connectivity index (χ0) is 26.1. The highest BCUT2D eigenvalue weighted by Crippen LogP contribution is 2.42. The van der Waals surface area contributed by atoms with Crippen LogP contribution in [-0.4, -0.2) is 36.1 Å². The topological polar surface area (TPSA) is 114 Å². The van der Waals surface area contributed by atoms with Crippen molar-refractivity contribution in [3.63, 3.8) is 0 Å². The minimum absolute atomic E-state index is 0.0334. The molecule has 7 nitrogen and oxygen atoms in total. The van der Waals surface area contributed by atoms with Gasteiger partial charge in [-0.1, -0.05) is 53.5 Å². The van der Waals surface area contributed by atoms with E-state index in [1.165, 1.54) is 30.3 Å². The average molecular weight is 534 g/mol. The van der Waals surface area contributed by atoms with Crippen LogP contribution in [0.4, 0.5) is 10.1 Å². The van der Waals surface area contributed by atoms with Gasteiger partial charge in [0.05, 0.1) is 17.2 Å². The molecule has 3 aromatic carbocycles. The lowest BCUT2D eigenvalue weighted by Gasteiger charge is -2.20. The smallest absolute Gasteiger partial charge is 0.255 e. The normalized spacial score (nSPS) is 11.6. The van der Waals surface area contributed by atoms with Crippen molar-refractivity contribution in [1.82, 2.24) is 5.32 Å². The van der Waals surface area contributed by atoms with E-state index in [1.807, 2.05) is 30.3 Å². The summed E-state index contributed by atoms with van der Waals surface area (Å²) in [5.41, 5.74) is 6.40. The van der Waals surface area contributed by atoms with Gasteiger partial charge in [-0.05, 0) is 55.3 Å². The Labute approximate surface area is 218 Å². The highest BCUT2D eigenvalue weighted by Gasteiger charge is 2.26. The number of aromatic hydroxyl groups is 1. The van der Waals surface area contributed by atoms with E-state index < -0.39 is 29.4 Å². The second-order valence-corrected chi connectivity index (χ2v) is 8.74. The maximum Gasteiger partial charge on any atom is 0.255 e. The number of hydrogen-bond acceptors (Lipinski definition) is 5. The van der Waals surface area contributed by atoms with Crippen molar-refractivity contribution in [2.75, 3.05) is 18.5 Å².